The first kappa shape index (κ1) is 94.0. The van der Waals surface area contributed by atoms with Gasteiger partial charge in [-0.25, -0.2) is 4.79 Å². The van der Waals surface area contributed by atoms with Gasteiger partial charge in [-0.05, 0) is 83.5 Å². The van der Waals surface area contributed by atoms with E-state index in [1.165, 1.54) is 340 Å². The molecule has 2 unspecified atom stereocenters. The maximum absolute atomic E-state index is 13.0. The van der Waals surface area contributed by atoms with Crippen LogP contribution in [0.5, 0.6) is 0 Å². The van der Waals surface area contributed by atoms with E-state index >= 15 is 0 Å². The molecule has 9 heteroatoms. The average Bonchev–Trinajstić information content (AvgIpc) is 2.39. The molecule has 0 fully saturated rings. The Kier molecular flexibility index (Phi) is 76.3. The fourth-order valence-corrected chi connectivity index (χ4v) is 12.8. The zero-order valence-corrected chi connectivity index (χ0v) is 65.3. The Labute approximate surface area is 603 Å². The van der Waals surface area contributed by atoms with Gasteiger partial charge in [0.2, 0.25) is 0 Å². The van der Waals surface area contributed by atoms with Crippen molar-refractivity contribution in [2.75, 3.05) is 47.5 Å². The van der Waals surface area contributed by atoms with Crippen molar-refractivity contribution in [2.45, 2.75) is 437 Å². The molecule has 0 aromatic rings. The van der Waals surface area contributed by atoms with Crippen LogP contribution in [-0.4, -0.2) is 87.4 Å². The minimum absolute atomic E-state index is 0.176. The van der Waals surface area contributed by atoms with E-state index < -0.39 is 18.4 Å². The topological polar surface area (TPSA) is 108 Å². The highest BCUT2D eigenvalue weighted by Crippen LogP contribution is 2.20. The molecule has 0 bridgehead atoms. The fraction of sp³-hybridized carbons (Fsp3) is 0.852. The van der Waals surface area contributed by atoms with Crippen molar-refractivity contribution in [2.24, 2.45) is 0 Å². The van der Waals surface area contributed by atoms with Gasteiger partial charge in [0.05, 0.1) is 34.4 Å². The van der Waals surface area contributed by atoms with Crippen molar-refractivity contribution in [1.29, 1.82) is 0 Å². The molecule has 0 aromatic carbocycles. The average molecular weight is 1360 g/mol. The molecule has 0 saturated carbocycles. The highest BCUT2D eigenvalue weighted by Gasteiger charge is 2.25. The van der Waals surface area contributed by atoms with Gasteiger partial charge in [0.25, 0.3) is 6.29 Å². The molecule has 0 aliphatic rings. The number of rotatable bonds is 80. The Morgan fingerprint density at radius 3 is 0.825 bits per heavy atom. The third kappa shape index (κ3) is 80.2. The molecule has 0 aromatic heterocycles. The number of quaternary nitrogens is 1. The molecule has 97 heavy (non-hydrogen) atoms. The predicted molar refractivity (Wildman–Crippen MR) is 420 cm³/mol. The number of allylic oxidation sites excluding steroid dienone is 10. The Hall–Kier alpha value is -3.01. The standard InChI is InChI=1S/C88H163NO8/c1-6-8-10-12-14-16-18-20-22-24-26-28-30-32-34-36-38-40-41-42-43-44-45-47-49-51-53-55-57-59-61-63-65-67-69-71-73-75-77-79-86(91)97-84(83-96-88(87(92)93)94-81-80-89(3,4)5)82-95-85(90)78-76-74-72-70-68-66-64-62-60-58-56-54-52-50-48-46-39-37-35-33-31-29-27-25-23-21-19-17-15-13-11-9-7-2/h18-21,24-27,30,32,84,88H,6-17,22-23,28-29,31,33-83H2,1-5H3/p+1/b20-18-,21-19-,26-24-,27-25-,32-30-. The molecule has 0 saturated heterocycles. The van der Waals surface area contributed by atoms with Crippen LogP contribution in [0.1, 0.15) is 425 Å². The van der Waals surface area contributed by atoms with Crippen molar-refractivity contribution in [3.8, 4) is 0 Å². The highest BCUT2D eigenvalue weighted by molar-refractivity contribution is 5.71. The van der Waals surface area contributed by atoms with Crippen LogP contribution in [0.4, 0.5) is 0 Å². The van der Waals surface area contributed by atoms with Crippen molar-refractivity contribution in [1.82, 2.24) is 0 Å². The zero-order valence-electron chi connectivity index (χ0n) is 65.3. The molecular weight excluding hydrogens is 1200 g/mol. The van der Waals surface area contributed by atoms with Crippen LogP contribution in [0.25, 0.3) is 0 Å². The molecule has 0 aliphatic carbocycles. The summed E-state index contributed by atoms with van der Waals surface area (Å²) in [7, 11) is 6.00. The maximum Gasteiger partial charge on any atom is 0.361 e. The van der Waals surface area contributed by atoms with E-state index in [-0.39, 0.29) is 38.2 Å². The lowest BCUT2D eigenvalue weighted by Gasteiger charge is -2.25. The van der Waals surface area contributed by atoms with E-state index in [2.05, 4.69) is 74.6 Å². The van der Waals surface area contributed by atoms with E-state index in [0.717, 1.165) is 57.8 Å². The van der Waals surface area contributed by atoms with Gasteiger partial charge in [0.15, 0.2) is 6.10 Å². The van der Waals surface area contributed by atoms with Crippen molar-refractivity contribution < 1.29 is 42.9 Å². The van der Waals surface area contributed by atoms with Gasteiger partial charge in [0, 0.05) is 12.8 Å². The molecule has 2 atom stereocenters. The summed E-state index contributed by atoms with van der Waals surface area (Å²) in [6.07, 6.45) is 103. The quantitative estimate of drug-likeness (QED) is 0.0211. The number of carbonyl (C=O) groups is 3. The lowest BCUT2D eigenvalue weighted by Crippen LogP contribution is -2.40. The van der Waals surface area contributed by atoms with Crippen LogP contribution in [0.3, 0.4) is 0 Å². The molecule has 0 aliphatic heterocycles. The van der Waals surface area contributed by atoms with Crippen LogP contribution >= 0.6 is 0 Å². The third-order valence-corrected chi connectivity index (χ3v) is 19.2. The summed E-state index contributed by atoms with van der Waals surface area (Å²) in [4.78, 5) is 37.8. The number of esters is 2. The number of unbranched alkanes of at least 4 members (excludes halogenated alkanes) is 55. The Bertz CT molecular complexity index is 1780. The van der Waals surface area contributed by atoms with Crippen LogP contribution in [0.2, 0.25) is 0 Å². The van der Waals surface area contributed by atoms with Crippen LogP contribution < -0.4 is 0 Å². The number of aliphatic carboxylic acids is 1. The number of ether oxygens (including phenoxy) is 4. The molecule has 0 rings (SSSR count). The molecule has 9 nitrogen and oxygen atoms in total. The number of carboxylic acid groups (broad SMARTS) is 1. The first-order valence-electron chi connectivity index (χ1n) is 42.5. The lowest BCUT2D eigenvalue weighted by molar-refractivity contribution is -0.870. The maximum atomic E-state index is 13.0. The smallest absolute Gasteiger partial charge is 0.361 e. The monoisotopic (exact) mass is 1360 g/mol. The van der Waals surface area contributed by atoms with Crippen molar-refractivity contribution in [3.63, 3.8) is 0 Å². The predicted octanol–water partition coefficient (Wildman–Crippen LogP) is 27.4. The van der Waals surface area contributed by atoms with Crippen LogP contribution in [0.15, 0.2) is 60.8 Å². The number of carbonyl (C=O) groups excluding carboxylic acids is 2. The first-order chi connectivity index (χ1) is 47.6. The second kappa shape index (κ2) is 78.7. The Morgan fingerprint density at radius 2 is 0.557 bits per heavy atom. The lowest BCUT2D eigenvalue weighted by atomic mass is 10.0. The third-order valence-electron chi connectivity index (χ3n) is 19.2. The summed E-state index contributed by atoms with van der Waals surface area (Å²) in [5, 5.41) is 9.78. The summed E-state index contributed by atoms with van der Waals surface area (Å²) in [5.41, 5.74) is 0. The van der Waals surface area contributed by atoms with E-state index in [1.807, 2.05) is 21.1 Å². The molecule has 0 spiro atoms. The molecule has 0 amide bonds. The molecule has 1 N–H and O–H groups in total. The van der Waals surface area contributed by atoms with E-state index in [4.69, 9.17) is 18.9 Å². The summed E-state index contributed by atoms with van der Waals surface area (Å²) in [6.45, 7) is 4.93. The van der Waals surface area contributed by atoms with Gasteiger partial charge in [-0.1, -0.05) is 389 Å². The van der Waals surface area contributed by atoms with Crippen LogP contribution in [0, 0.1) is 0 Å². The Morgan fingerprint density at radius 1 is 0.309 bits per heavy atom. The molecular formula is C88H164NO8+. The fourth-order valence-electron chi connectivity index (χ4n) is 12.8. The van der Waals surface area contributed by atoms with Gasteiger partial charge in [-0.2, -0.15) is 0 Å². The number of nitrogens with zero attached hydrogens (tertiary/aromatic N) is 1. The van der Waals surface area contributed by atoms with Gasteiger partial charge < -0.3 is 28.5 Å². The molecule has 568 valence electrons. The SMILES string of the molecule is CCCCCCC/C=C\C/C=C\C/C=C\CCCCCCCCCCCCCCCCCCCCCCCCCCC(=O)OC(COC(=O)CCCCCCCCCCCCCCCCCCCCCCC/C=C\C/C=C\CCCCCCC)COC(OCC[N+](C)(C)C)C(=O)O. The minimum atomic E-state index is -1.51. The minimum Gasteiger partial charge on any atom is -0.477 e. The van der Waals surface area contributed by atoms with Gasteiger partial charge in [-0.15, -0.1) is 0 Å². The van der Waals surface area contributed by atoms with Crippen molar-refractivity contribution in [3.05, 3.63) is 60.8 Å². The normalized spacial score (nSPS) is 12.9. The second-order valence-corrected chi connectivity index (χ2v) is 30.1. The number of hydrogen-bond donors (Lipinski definition) is 1. The van der Waals surface area contributed by atoms with E-state index in [1.54, 1.807) is 0 Å². The number of hydrogen-bond acceptors (Lipinski definition) is 7. The van der Waals surface area contributed by atoms with E-state index in [9.17, 15) is 19.5 Å². The molecule has 0 heterocycles. The number of likely N-dealkylation sites (N-methyl/N-ethyl adjacent to an activating group) is 1. The first-order valence-corrected chi connectivity index (χ1v) is 42.5. The van der Waals surface area contributed by atoms with E-state index in [0.29, 0.717) is 17.4 Å². The van der Waals surface area contributed by atoms with Gasteiger partial charge >= 0.3 is 17.9 Å². The van der Waals surface area contributed by atoms with Crippen molar-refractivity contribution >= 4 is 17.9 Å². The highest BCUT2D eigenvalue weighted by atomic mass is 16.7. The van der Waals surface area contributed by atoms with Gasteiger partial charge in [-0.3, -0.25) is 9.59 Å². The van der Waals surface area contributed by atoms with Crippen LogP contribution in [-0.2, 0) is 33.3 Å². The summed E-state index contributed by atoms with van der Waals surface area (Å²) < 4.78 is 23.1. The second-order valence-electron chi connectivity index (χ2n) is 30.1. The largest absolute Gasteiger partial charge is 0.477 e. The summed E-state index contributed by atoms with van der Waals surface area (Å²) >= 11 is 0. The number of carboxylic acids is 1. The summed E-state index contributed by atoms with van der Waals surface area (Å²) in [6, 6.07) is 0. The van der Waals surface area contributed by atoms with Gasteiger partial charge in [0.1, 0.15) is 13.2 Å². The molecule has 0 radical (unpaired) electrons. The zero-order chi connectivity index (χ0) is 70.4. The summed E-state index contributed by atoms with van der Waals surface area (Å²) in [5.74, 6) is -1.97. The Balaban J connectivity index is 3.94.